The van der Waals surface area contributed by atoms with E-state index in [-0.39, 0.29) is 6.10 Å². The van der Waals surface area contributed by atoms with Gasteiger partial charge in [0.25, 0.3) is 0 Å². The molecule has 1 aliphatic rings. The molecule has 4 heteroatoms. The number of anilines is 1. The zero-order valence-corrected chi connectivity index (χ0v) is 9.93. The first-order chi connectivity index (χ1) is 8.33. The van der Waals surface area contributed by atoms with E-state index in [0.29, 0.717) is 19.8 Å². The largest absolute Gasteiger partial charge is 0.494 e. The second-order valence-electron chi connectivity index (χ2n) is 3.86. The number of hydrogen-bond donors (Lipinski definition) is 0. The van der Waals surface area contributed by atoms with E-state index in [9.17, 15) is 0 Å². The highest BCUT2D eigenvalue weighted by Gasteiger charge is 2.19. The molecule has 1 heterocycles. The van der Waals surface area contributed by atoms with E-state index in [1.54, 1.807) is 0 Å². The SMILES string of the molecule is CCOc1ccc(N2CCOC(C#N)C2)cc1. The molecule has 1 aromatic carbocycles. The summed E-state index contributed by atoms with van der Waals surface area (Å²) in [5.74, 6) is 0.876. The predicted molar refractivity (Wildman–Crippen MR) is 65.2 cm³/mol. The maximum Gasteiger partial charge on any atom is 0.161 e. The maximum atomic E-state index is 8.85. The van der Waals surface area contributed by atoms with Gasteiger partial charge in [0.2, 0.25) is 0 Å². The maximum absolute atomic E-state index is 8.85. The van der Waals surface area contributed by atoms with E-state index in [2.05, 4.69) is 11.0 Å². The van der Waals surface area contributed by atoms with Crippen LogP contribution in [0.4, 0.5) is 5.69 Å². The van der Waals surface area contributed by atoms with Crippen LogP contribution in [0.15, 0.2) is 24.3 Å². The van der Waals surface area contributed by atoms with Crippen LogP contribution >= 0.6 is 0 Å². The first-order valence-electron chi connectivity index (χ1n) is 5.82. The summed E-state index contributed by atoms with van der Waals surface area (Å²) in [7, 11) is 0. The summed E-state index contributed by atoms with van der Waals surface area (Å²) in [4.78, 5) is 2.16. The third-order valence-corrected chi connectivity index (χ3v) is 2.72. The van der Waals surface area contributed by atoms with Crippen LogP contribution in [0.5, 0.6) is 5.75 Å². The molecule has 1 saturated heterocycles. The molecule has 1 fully saturated rings. The van der Waals surface area contributed by atoms with E-state index >= 15 is 0 Å². The lowest BCUT2D eigenvalue weighted by atomic mass is 10.2. The molecule has 90 valence electrons. The first-order valence-corrected chi connectivity index (χ1v) is 5.82. The molecule has 0 aliphatic carbocycles. The minimum Gasteiger partial charge on any atom is -0.494 e. The molecule has 0 spiro atoms. The third-order valence-electron chi connectivity index (χ3n) is 2.72. The molecule has 0 N–H and O–H groups in total. The van der Waals surface area contributed by atoms with Gasteiger partial charge in [0.15, 0.2) is 6.10 Å². The fraction of sp³-hybridized carbons (Fsp3) is 0.462. The van der Waals surface area contributed by atoms with Crippen LogP contribution in [0.3, 0.4) is 0 Å². The lowest BCUT2D eigenvalue weighted by Crippen LogP contribution is -2.41. The van der Waals surface area contributed by atoms with Gasteiger partial charge in [-0.15, -0.1) is 0 Å². The predicted octanol–water partition coefficient (Wildman–Crippen LogP) is 1.81. The highest BCUT2D eigenvalue weighted by molar-refractivity contribution is 5.49. The quantitative estimate of drug-likeness (QED) is 0.797. The van der Waals surface area contributed by atoms with Crippen molar-refractivity contribution in [3.05, 3.63) is 24.3 Å². The second-order valence-corrected chi connectivity index (χ2v) is 3.86. The van der Waals surface area contributed by atoms with Crippen molar-refractivity contribution >= 4 is 5.69 Å². The van der Waals surface area contributed by atoms with Gasteiger partial charge in [-0.25, -0.2) is 0 Å². The Balaban J connectivity index is 2.04. The van der Waals surface area contributed by atoms with E-state index in [1.165, 1.54) is 0 Å². The number of nitrogens with zero attached hydrogens (tertiary/aromatic N) is 2. The van der Waals surface area contributed by atoms with Gasteiger partial charge in [-0.1, -0.05) is 0 Å². The molecule has 17 heavy (non-hydrogen) atoms. The summed E-state index contributed by atoms with van der Waals surface area (Å²) in [5, 5.41) is 8.85. The molecule has 2 rings (SSSR count). The summed E-state index contributed by atoms with van der Waals surface area (Å²) in [6.45, 7) is 4.70. The molecule has 1 unspecified atom stereocenters. The molecule has 1 aliphatic heterocycles. The Morgan fingerprint density at radius 2 is 2.24 bits per heavy atom. The van der Waals surface area contributed by atoms with Crippen molar-refractivity contribution in [2.24, 2.45) is 0 Å². The highest BCUT2D eigenvalue weighted by atomic mass is 16.5. The fourth-order valence-corrected chi connectivity index (χ4v) is 1.88. The van der Waals surface area contributed by atoms with Gasteiger partial charge in [0, 0.05) is 12.2 Å². The lowest BCUT2D eigenvalue weighted by Gasteiger charge is -2.31. The number of hydrogen-bond acceptors (Lipinski definition) is 4. The van der Waals surface area contributed by atoms with Crippen LogP contribution in [0.25, 0.3) is 0 Å². The monoisotopic (exact) mass is 232 g/mol. The van der Waals surface area contributed by atoms with Crippen molar-refractivity contribution in [1.82, 2.24) is 0 Å². The molecule has 0 aromatic heterocycles. The number of morpholine rings is 1. The van der Waals surface area contributed by atoms with Crippen LogP contribution in [-0.2, 0) is 4.74 Å². The summed E-state index contributed by atoms with van der Waals surface area (Å²) < 4.78 is 10.7. The van der Waals surface area contributed by atoms with Crippen LogP contribution in [0, 0.1) is 11.3 Å². The van der Waals surface area contributed by atoms with Crippen molar-refractivity contribution in [1.29, 1.82) is 5.26 Å². The second kappa shape index (κ2) is 5.55. The third kappa shape index (κ3) is 2.89. The van der Waals surface area contributed by atoms with Gasteiger partial charge in [0.1, 0.15) is 5.75 Å². The Labute approximate surface area is 101 Å². The molecular weight excluding hydrogens is 216 g/mol. The lowest BCUT2D eigenvalue weighted by molar-refractivity contribution is 0.0764. The number of rotatable bonds is 3. The van der Waals surface area contributed by atoms with Crippen molar-refractivity contribution < 1.29 is 9.47 Å². The van der Waals surface area contributed by atoms with Crippen molar-refractivity contribution in [3.63, 3.8) is 0 Å². The highest BCUT2D eigenvalue weighted by Crippen LogP contribution is 2.21. The molecule has 0 bridgehead atoms. The Morgan fingerprint density at radius 1 is 1.47 bits per heavy atom. The summed E-state index contributed by atoms with van der Waals surface area (Å²) in [6.07, 6.45) is -0.324. The van der Waals surface area contributed by atoms with Gasteiger partial charge in [0.05, 0.1) is 25.8 Å². The molecule has 1 atom stereocenters. The summed E-state index contributed by atoms with van der Waals surface area (Å²) >= 11 is 0. The molecule has 0 radical (unpaired) electrons. The van der Waals surface area contributed by atoms with Gasteiger partial charge >= 0.3 is 0 Å². The van der Waals surface area contributed by atoms with Crippen LogP contribution in [-0.4, -0.2) is 32.4 Å². The Bertz CT molecular complexity index is 397. The number of nitriles is 1. The zero-order chi connectivity index (χ0) is 12.1. The van der Waals surface area contributed by atoms with Gasteiger partial charge in [-0.2, -0.15) is 5.26 Å². The van der Waals surface area contributed by atoms with Crippen molar-refractivity contribution in [2.75, 3.05) is 31.2 Å². The fourth-order valence-electron chi connectivity index (χ4n) is 1.88. The van der Waals surface area contributed by atoms with Crippen molar-refractivity contribution in [3.8, 4) is 11.8 Å². The zero-order valence-electron chi connectivity index (χ0n) is 9.93. The smallest absolute Gasteiger partial charge is 0.161 e. The van der Waals surface area contributed by atoms with Crippen LogP contribution in [0.2, 0.25) is 0 Å². The summed E-state index contributed by atoms with van der Waals surface area (Å²) in [5.41, 5.74) is 1.11. The van der Waals surface area contributed by atoms with E-state index in [1.807, 2.05) is 31.2 Å². The minimum atomic E-state index is -0.324. The Kier molecular flexibility index (Phi) is 3.84. The van der Waals surface area contributed by atoms with Gasteiger partial charge in [-0.05, 0) is 31.2 Å². The van der Waals surface area contributed by atoms with E-state index in [4.69, 9.17) is 14.7 Å². The Morgan fingerprint density at radius 3 is 2.88 bits per heavy atom. The standard InChI is InChI=1S/C13H16N2O2/c1-2-16-12-5-3-11(4-6-12)15-7-8-17-13(9-14)10-15/h3-6,13H,2,7-8,10H2,1H3. The molecule has 0 saturated carbocycles. The van der Waals surface area contributed by atoms with Crippen LogP contribution in [0.1, 0.15) is 6.92 Å². The average Bonchev–Trinajstić information content (AvgIpc) is 2.40. The van der Waals surface area contributed by atoms with E-state index < -0.39 is 0 Å². The van der Waals surface area contributed by atoms with Crippen molar-refractivity contribution in [2.45, 2.75) is 13.0 Å². The first kappa shape index (κ1) is 11.7. The topological polar surface area (TPSA) is 45.5 Å². The Hall–Kier alpha value is -1.73. The molecule has 0 amide bonds. The average molecular weight is 232 g/mol. The summed E-state index contributed by atoms with van der Waals surface area (Å²) in [6, 6.07) is 10.1. The van der Waals surface area contributed by atoms with Gasteiger partial charge < -0.3 is 14.4 Å². The molecule has 1 aromatic rings. The minimum absolute atomic E-state index is 0.324. The normalized spacial score (nSPS) is 19.8. The molecular formula is C13H16N2O2. The number of benzene rings is 1. The van der Waals surface area contributed by atoms with E-state index in [0.717, 1.165) is 18.0 Å². The molecule has 4 nitrogen and oxygen atoms in total. The number of ether oxygens (including phenoxy) is 2. The van der Waals surface area contributed by atoms with Gasteiger partial charge in [-0.3, -0.25) is 0 Å². The van der Waals surface area contributed by atoms with Crippen LogP contribution < -0.4 is 9.64 Å².